The van der Waals surface area contributed by atoms with E-state index in [1.807, 2.05) is 30.3 Å². The van der Waals surface area contributed by atoms with Crippen molar-refractivity contribution >= 4 is 35.0 Å². The molecule has 0 radical (unpaired) electrons. The third-order valence-corrected chi connectivity index (χ3v) is 5.13. The second-order valence-corrected chi connectivity index (χ2v) is 7.40. The van der Waals surface area contributed by atoms with Gasteiger partial charge < -0.3 is 19.9 Å². The minimum absolute atomic E-state index is 0.0365. The number of para-hydroxylation sites is 1. The van der Waals surface area contributed by atoms with Gasteiger partial charge in [0.2, 0.25) is 11.8 Å². The number of thioether (sulfide) groups is 1. The second-order valence-electron chi connectivity index (χ2n) is 6.46. The van der Waals surface area contributed by atoms with Crippen LogP contribution in [0.1, 0.15) is 5.82 Å². The van der Waals surface area contributed by atoms with Gasteiger partial charge in [-0.05, 0) is 24.3 Å². The van der Waals surface area contributed by atoms with Crippen molar-refractivity contribution in [1.29, 1.82) is 0 Å². The molecular formula is C22H23N5O3S. The summed E-state index contributed by atoms with van der Waals surface area (Å²) in [6, 6.07) is 16.3. The van der Waals surface area contributed by atoms with Crippen molar-refractivity contribution in [2.45, 2.75) is 18.1 Å². The Bertz CT molecular complexity index is 1050. The van der Waals surface area contributed by atoms with E-state index < -0.39 is 0 Å². The van der Waals surface area contributed by atoms with E-state index in [-0.39, 0.29) is 24.0 Å². The SMILES string of the molecule is C=CCn1c(CC(=O)Nc2cccc(OC)c2)nnc1SCC(=O)Nc1ccccc1. The van der Waals surface area contributed by atoms with Gasteiger partial charge in [-0.15, -0.1) is 16.8 Å². The Morgan fingerprint density at radius 3 is 2.55 bits per heavy atom. The molecule has 0 unspecified atom stereocenters. The van der Waals surface area contributed by atoms with Gasteiger partial charge in [0.05, 0.1) is 19.3 Å². The molecule has 3 aromatic rings. The van der Waals surface area contributed by atoms with Crippen LogP contribution >= 0.6 is 11.8 Å². The van der Waals surface area contributed by atoms with Gasteiger partial charge in [0.25, 0.3) is 0 Å². The summed E-state index contributed by atoms with van der Waals surface area (Å²) in [6.45, 7) is 4.18. The first-order chi connectivity index (χ1) is 15.1. The number of benzene rings is 2. The average Bonchev–Trinajstić information content (AvgIpc) is 3.14. The summed E-state index contributed by atoms with van der Waals surface area (Å²) >= 11 is 1.25. The van der Waals surface area contributed by atoms with Crippen LogP contribution in [-0.2, 0) is 22.6 Å². The van der Waals surface area contributed by atoms with E-state index in [1.54, 1.807) is 42.0 Å². The first-order valence-corrected chi connectivity index (χ1v) is 10.5. The Hall–Kier alpha value is -3.59. The molecule has 2 aromatic carbocycles. The minimum atomic E-state index is -0.232. The van der Waals surface area contributed by atoms with Crippen molar-refractivity contribution in [3.05, 3.63) is 73.1 Å². The zero-order valence-electron chi connectivity index (χ0n) is 17.1. The lowest BCUT2D eigenvalue weighted by atomic mass is 10.3. The maximum absolute atomic E-state index is 12.5. The van der Waals surface area contributed by atoms with Crippen molar-refractivity contribution in [2.24, 2.45) is 0 Å². The molecule has 0 aliphatic heterocycles. The van der Waals surface area contributed by atoms with E-state index in [1.165, 1.54) is 11.8 Å². The molecule has 0 atom stereocenters. The molecule has 0 aliphatic carbocycles. The summed E-state index contributed by atoms with van der Waals surface area (Å²) in [5.41, 5.74) is 1.36. The maximum Gasteiger partial charge on any atom is 0.234 e. The van der Waals surface area contributed by atoms with Crippen molar-refractivity contribution < 1.29 is 14.3 Å². The standard InChI is InChI=1S/C22H23N5O3S/c1-3-12-27-19(14-20(28)24-17-10-7-11-18(13-17)30-2)25-26-22(27)31-15-21(29)23-16-8-5-4-6-9-16/h3-11,13H,1,12,14-15H2,2H3,(H,23,29)(H,24,28). The van der Waals surface area contributed by atoms with Gasteiger partial charge in [0, 0.05) is 24.0 Å². The molecule has 0 fully saturated rings. The van der Waals surface area contributed by atoms with E-state index in [0.717, 1.165) is 5.69 Å². The number of hydrogen-bond donors (Lipinski definition) is 2. The van der Waals surface area contributed by atoms with Crippen molar-refractivity contribution in [2.75, 3.05) is 23.5 Å². The normalized spacial score (nSPS) is 10.4. The largest absolute Gasteiger partial charge is 0.497 e. The molecule has 0 saturated carbocycles. The summed E-state index contributed by atoms with van der Waals surface area (Å²) in [5, 5.41) is 14.5. The Balaban J connectivity index is 1.61. The highest BCUT2D eigenvalue weighted by molar-refractivity contribution is 7.99. The quantitative estimate of drug-likeness (QED) is 0.373. The molecule has 0 aliphatic rings. The predicted molar refractivity (Wildman–Crippen MR) is 121 cm³/mol. The van der Waals surface area contributed by atoms with Crippen LogP contribution in [0.3, 0.4) is 0 Å². The van der Waals surface area contributed by atoms with Gasteiger partial charge >= 0.3 is 0 Å². The number of methoxy groups -OCH3 is 1. The maximum atomic E-state index is 12.5. The fourth-order valence-electron chi connectivity index (χ4n) is 2.77. The van der Waals surface area contributed by atoms with E-state index in [4.69, 9.17) is 4.74 Å². The molecule has 0 bridgehead atoms. The molecule has 3 rings (SSSR count). The number of hydrogen-bond acceptors (Lipinski definition) is 6. The van der Waals surface area contributed by atoms with Crippen LogP contribution in [0.4, 0.5) is 11.4 Å². The molecule has 0 saturated heterocycles. The number of nitrogens with one attached hydrogen (secondary N) is 2. The molecule has 9 heteroatoms. The summed E-state index contributed by atoms with van der Waals surface area (Å²) in [7, 11) is 1.57. The summed E-state index contributed by atoms with van der Waals surface area (Å²) in [4.78, 5) is 24.7. The fourth-order valence-corrected chi connectivity index (χ4v) is 3.53. The van der Waals surface area contributed by atoms with Gasteiger partial charge in [-0.1, -0.05) is 42.1 Å². The van der Waals surface area contributed by atoms with Gasteiger partial charge in [-0.25, -0.2) is 0 Å². The van der Waals surface area contributed by atoms with Crippen LogP contribution in [0.2, 0.25) is 0 Å². The Labute approximate surface area is 184 Å². The number of anilines is 2. The molecule has 2 N–H and O–H groups in total. The Kier molecular flexibility index (Phi) is 7.83. The topological polar surface area (TPSA) is 98.1 Å². The first-order valence-electron chi connectivity index (χ1n) is 9.53. The van der Waals surface area contributed by atoms with Crippen LogP contribution < -0.4 is 15.4 Å². The third kappa shape index (κ3) is 6.45. The Morgan fingerprint density at radius 2 is 1.81 bits per heavy atom. The highest BCUT2D eigenvalue weighted by Crippen LogP contribution is 2.20. The number of allylic oxidation sites excluding steroid dienone is 1. The number of amides is 2. The fraction of sp³-hybridized carbons (Fsp3) is 0.182. The number of carbonyl (C=O) groups excluding carboxylic acids is 2. The smallest absolute Gasteiger partial charge is 0.234 e. The number of rotatable bonds is 10. The van der Waals surface area contributed by atoms with Crippen molar-refractivity contribution in [3.63, 3.8) is 0 Å². The van der Waals surface area contributed by atoms with Gasteiger partial charge in [0.1, 0.15) is 11.6 Å². The minimum Gasteiger partial charge on any atom is -0.497 e. The van der Waals surface area contributed by atoms with E-state index in [0.29, 0.717) is 29.0 Å². The predicted octanol–water partition coefficient (Wildman–Crippen LogP) is 3.38. The van der Waals surface area contributed by atoms with Crippen LogP contribution in [0.25, 0.3) is 0 Å². The van der Waals surface area contributed by atoms with E-state index in [2.05, 4.69) is 27.4 Å². The number of nitrogens with zero attached hydrogens (tertiary/aromatic N) is 3. The molecule has 1 aromatic heterocycles. The Morgan fingerprint density at radius 1 is 1.06 bits per heavy atom. The van der Waals surface area contributed by atoms with Crippen LogP contribution in [0.15, 0.2) is 72.4 Å². The van der Waals surface area contributed by atoms with Gasteiger partial charge in [-0.2, -0.15) is 0 Å². The highest BCUT2D eigenvalue weighted by atomic mass is 32.2. The molecular weight excluding hydrogens is 414 g/mol. The first kappa shape index (κ1) is 22.1. The molecule has 8 nitrogen and oxygen atoms in total. The van der Waals surface area contributed by atoms with Gasteiger partial charge in [0.15, 0.2) is 5.16 Å². The summed E-state index contributed by atoms with van der Waals surface area (Å²) in [5.74, 6) is 0.928. The number of aromatic nitrogens is 3. The number of ether oxygens (including phenoxy) is 1. The molecule has 1 heterocycles. The summed E-state index contributed by atoms with van der Waals surface area (Å²) < 4.78 is 6.94. The van der Waals surface area contributed by atoms with Crippen molar-refractivity contribution in [3.8, 4) is 5.75 Å². The zero-order valence-corrected chi connectivity index (χ0v) is 17.9. The van der Waals surface area contributed by atoms with Crippen LogP contribution in [0.5, 0.6) is 5.75 Å². The van der Waals surface area contributed by atoms with E-state index in [9.17, 15) is 9.59 Å². The second kappa shape index (κ2) is 11.0. The highest BCUT2D eigenvalue weighted by Gasteiger charge is 2.16. The lowest BCUT2D eigenvalue weighted by Gasteiger charge is -2.09. The third-order valence-electron chi connectivity index (χ3n) is 4.17. The number of carbonyl (C=O) groups is 2. The lowest BCUT2D eigenvalue weighted by molar-refractivity contribution is -0.116. The molecule has 160 valence electrons. The summed E-state index contributed by atoms with van der Waals surface area (Å²) in [6.07, 6.45) is 1.73. The van der Waals surface area contributed by atoms with Crippen LogP contribution in [0, 0.1) is 0 Å². The molecule has 2 amide bonds. The lowest BCUT2D eigenvalue weighted by Crippen LogP contribution is -2.18. The van der Waals surface area contributed by atoms with Gasteiger partial charge in [-0.3, -0.25) is 9.59 Å². The zero-order chi connectivity index (χ0) is 22.1. The molecule has 0 spiro atoms. The average molecular weight is 438 g/mol. The van der Waals surface area contributed by atoms with Crippen LogP contribution in [-0.4, -0.2) is 39.4 Å². The monoisotopic (exact) mass is 437 g/mol. The van der Waals surface area contributed by atoms with E-state index >= 15 is 0 Å². The molecule has 31 heavy (non-hydrogen) atoms. The van der Waals surface area contributed by atoms with Crippen molar-refractivity contribution in [1.82, 2.24) is 14.8 Å².